The first-order valence-corrected chi connectivity index (χ1v) is 32.6. The molecular weight excluding hydrogens is 1030 g/mol. The Labute approximate surface area is 482 Å². The summed E-state index contributed by atoms with van der Waals surface area (Å²) in [4.78, 5) is 13.5. The maximum Gasteiger partial charge on any atom is 0.220 e. The Bertz CT molecular complexity index is 1470. The monoisotopic (exact) mass is 1150 g/mol. The molecule has 0 aromatic heterocycles. The summed E-state index contributed by atoms with van der Waals surface area (Å²) in [6.07, 6.45) is 18.6. The number of aliphatic hydroxyl groups excluding tert-OH is 11. The molecule has 474 valence electrons. The molecule has 3 heterocycles. The molecule has 3 rings (SSSR count). The summed E-state index contributed by atoms with van der Waals surface area (Å²) >= 11 is 0. The smallest absolute Gasteiger partial charge is 0.220 e. The van der Waals surface area contributed by atoms with Crippen LogP contribution in [0.25, 0.3) is 0 Å². The van der Waals surface area contributed by atoms with Crippen molar-refractivity contribution in [3.05, 3.63) is 0 Å². The van der Waals surface area contributed by atoms with Crippen molar-refractivity contribution in [2.75, 3.05) is 19.8 Å². The van der Waals surface area contributed by atoms with Crippen LogP contribution in [0.4, 0.5) is 0 Å². The predicted molar refractivity (Wildman–Crippen MR) is 308 cm³/mol. The minimum Gasteiger partial charge on any atom is -0.394 e. The first-order valence-electron chi connectivity index (χ1n) is 32.6. The molecule has 3 fully saturated rings. The molecule has 3 aliphatic heterocycles. The van der Waals surface area contributed by atoms with Crippen molar-refractivity contribution in [1.29, 1.82) is 0 Å². The van der Waals surface area contributed by atoms with Crippen LogP contribution in [-0.4, -0.2) is 186 Å². The average molecular weight is 1150 g/mol. The number of nitrogens with one attached hydrogen (secondary N) is 1. The zero-order valence-corrected chi connectivity index (χ0v) is 49.9. The number of amides is 1. The molecule has 0 aromatic carbocycles. The van der Waals surface area contributed by atoms with E-state index in [0.29, 0.717) is 12.8 Å². The normalized spacial score (nSPS) is 29.4. The van der Waals surface area contributed by atoms with Crippen LogP contribution in [0.15, 0.2) is 0 Å². The second-order valence-electron chi connectivity index (χ2n) is 24.1. The van der Waals surface area contributed by atoms with Gasteiger partial charge in [0.2, 0.25) is 5.91 Å². The average Bonchev–Trinajstić information content (AvgIpc) is 3.49. The predicted octanol–water partition coefficient (Wildman–Crippen LogP) is 7.58. The number of aliphatic hydroxyl groups is 11. The molecule has 0 saturated carbocycles. The third-order valence-corrected chi connectivity index (χ3v) is 17.1. The molecule has 17 atom stereocenters. The summed E-state index contributed by atoms with van der Waals surface area (Å²) < 4.78 is 29.0. The summed E-state index contributed by atoms with van der Waals surface area (Å²) in [6, 6.07) is -1.11. The van der Waals surface area contributed by atoms with Gasteiger partial charge in [-0.1, -0.05) is 232 Å². The molecule has 0 aliphatic carbocycles. The number of rotatable bonds is 49. The molecule has 3 aliphatic rings. The van der Waals surface area contributed by atoms with Crippen LogP contribution < -0.4 is 5.32 Å². The van der Waals surface area contributed by atoms with Crippen LogP contribution in [0, 0.1) is 0 Å². The Balaban J connectivity index is 1.48. The molecule has 0 spiro atoms. The second-order valence-corrected chi connectivity index (χ2v) is 24.1. The zero-order chi connectivity index (χ0) is 58.3. The van der Waals surface area contributed by atoms with E-state index in [2.05, 4.69) is 19.2 Å². The fourth-order valence-electron chi connectivity index (χ4n) is 11.8. The van der Waals surface area contributed by atoms with Gasteiger partial charge in [-0.25, -0.2) is 0 Å². The molecule has 0 bridgehead atoms. The number of carbonyl (C=O) groups excluding carboxylic acids is 1. The molecule has 12 N–H and O–H groups in total. The Morgan fingerprint density at radius 3 is 1.27 bits per heavy atom. The Kier molecular flexibility index (Phi) is 41.3. The van der Waals surface area contributed by atoms with Gasteiger partial charge in [0.1, 0.15) is 67.1 Å². The fraction of sp³-hybridized carbons (Fsp3) is 0.984. The Morgan fingerprint density at radius 2 is 0.838 bits per heavy atom. The first kappa shape index (κ1) is 73.1. The third kappa shape index (κ3) is 28.8. The topological polar surface area (TPSA) is 298 Å². The lowest BCUT2D eigenvalue weighted by molar-refractivity contribution is -0.368. The number of ether oxygens (including phenoxy) is 5. The highest BCUT2D eigenvalue weighted by molar-refractivity contribution is 5.76. The molecular formula is C62H119NO17. The number of hydrogen-bond acceptors (Lipinski definition) is 17. The van der Waals surface area contributed by atoms with Gasteiger partial charge in [-0.3, -0.25) is 4.79 Å². The lowest BCUT2D eigenvalue weighted by Gasteiger charge is -2.48. The van der Waals surface area contributed by atoms with E-state index >= 15 is 0 Å². The minimum atomic E-state index is -1.89. The van der Waals surface area contributed by atoms with Crippen LogP contribution >= 0.6 is 0 Å². The molecule has 0 radical (unpaired) electrons. The number of hydrogen-bond donors (Lipinski definition) is 12. The largest absolute Gasteiger partial charge is 0.394 e. The van der Waals surface area contributed by atoms with Gasteiger partial charge in [0.25, 0.3) is 0 Å². The van der Waals surface area contributed by atoms with E-state index in [-0.39, 0.29) is 31.6 Å². The Hall–Kier alpha value is -1.17. The third-order valence-electron chi connectivity index (χ3n) is 17.1. The molecule has 80 heavy (non-hydrogen) atoms. The minimum absolute atomic E-state index is 0.191. The van der Waals surface area contributed by atoms with Gasteiger partial charge in [-0.05, 0) is 19.3 Å². The molecule has 1 amide bonds. The molecule has 3 saturated heterocycles. The van der Waals surface area contributed by atoms with Crippen molar-refractivity contribution >= 4 is 5.91 Å². The lowest BCUT2D eigenvalue weighted by Crippen LogP contribution is -2.66. The maximum absolute atomic E-state index is 13.5. The van der Waals surface area contributed by atoms with Crippen molar-refractivity contribution in [2.45, 2.75) is 368 Å². The molecule has 18 heteroatoms. The van der Waals surface area contributed by atoms with E-state index in [1.165, 1.54) is 167 Å². The summed E-state index contributed by atoms with van der Waals surface area (Å²) in [6.45, 7) is 2.31. The first-order chi connectivity index (χ1) is 38.8. The van der Waals surface area contributed by atoms with Gasteiger partial charge in [0.15, 0.2) is 12.6 Å². The van der Waals surface area contributed by atoms with Crippen LogP contribution in [-0.2, 0) is 28.5 Å². The van der Waals surface area contributed by atoms with Gasteiger partial charge in [0, 0.05) is 12.8 Å². The second kappa shape index (κ2) is 45.2. The van der Waals surface area contributed by atoms with E-state index < -0.39 is 124 Å². The summed E-state index contributed by atoms with van der Waals surface area (Å²) in [7, 11) is 0. The van der Waals surface area contributed by atoms with E-state index in [0.717, 1.165) is 44.9 Å². The molecule has 0 aromatic rings. The SMILES string of the molecule is CCCCCCCCCCCCCCCCCCCCCCCCCC(=O)N[C@@H](C[C@@H]1O[C@H](CO)[C@@H](O[C@@H]2O[C@H](CO)[C@H](O)[C@H](O[C@H]3O[C@H](CO)[C@H](O)C[C@H]3O)[C@H]2O)[C@H](O)[C@H]1O)[C@H](O)[C@H](O)CCCCCCCCCCCCCC. The number of unbranched alkanes of at least 4 members (excludes halogenated alkanes) is 33. The van der Waals surface area contributed by atoms with Crippen LogP contribution in [0.1, 0.15) is 264 Å². The van der Waals surface area contributed by atoms with Crippen molar-refractivity contribution in [3.8, 4) is 0 Å². The van der Waals surface area contributed by atoms with Gasteiger partial charge in [-0.15, -0.1) is 0 Å². The van der Waals surface area contributed by atoms with Crippen molar-refractivity contribution in [1.82, 2.24) is 5.32 Å². The number of carbonyl (C=O) groups is 1. The van der Waals surface area contributed by atoms with Crippen LogP contribution in [0.2, 0.25) is 0 Å². The summed E-state index contributed by atoms with van der Waals surface area (Å²) in [5.41, 5.74) is 0. The van der Waals surface area contributed by atoms with Crippen molar-refractivity contribution < 1.29 is 84.7 Å². The van der Waals surface area contributed by atoms with Crippen LogP contribution in [0.3, 0.4) is 0 Å². The van der Waals surface area contributed by atoms with Crippen molar-refractivity contribution in [3.63, 3.8) is 0 Å². The summed E-state index contributed by atoms with van der Waals surface area (Å²) in [5, 5.41) is 122. The zero-order valence-electron chi connectivity index (χ0n) is 49.9. The van der Waals surface area contributed by atoms with E-state index in [1.807, 2.05) is 0 Å². The van der Waals surface area contributed by atoms with Gasteiger partial charge >= 0.3 is 0 Å². The fourth-order valence-corrected chi connectivity index (χ4v) is 11.8. The molecule has 18 nitrogen and oxygen atoms in total. The van der Waals surface area contributed by atoms with Crippen molar-refractivity contribution in [2.24, 2.45) is 0 Å². The highest BCUT2D eigenvalue weighted by Gasteiger charge is 2.53. The van der Waals surface area contributed by atoms with Gasteiger partial charge < -0.3 is 85.2 Å². The Morgan fingerprint density at radius 1 is 0.438 bits per heavy atom. The molecule has 0 unspecified atom stereocenters. The summed E-state index contributed by atoms with van der Waals surface area (Å²) in [5.74, 6) is -0.337. The highest BCUT2D eigenvalue weighted by atomic mass is 16.7. The van der Waals surface area contributed by atoms with Gasteiger partial charge in [0.05, 0.1) is 44.2 Å². The van der Waals surface area contributed by atoms with Crippen LogP contribution in [0.5, 0.6) is 0 Å². The van der Waals surface area contributed by atoms with E-state index in [1.54, 1.807) is 0 Å². The highest BCUT2D eigenvalue weighted by Crippen LogP contribution is 2.34. The maximum atomic E-state index is 13.5. The van der Waals surface area contributed by atoms with E-state index in [9.17, 15) is 61.0 Å². The quantitative estimate of drug-likeness (QED) is 0.0261. The standard InChI is InChI=1S/C62H119NO17/c1-3-5-7-9-11-13-15-17-18-19-20-21-22-23-24-25-26-27-29-31-33-35-37-39-53(70)63-45(54(71)46(67)38-36-34-32-30-28-16-14-12-10-8-6-4-2)40-49-55(72)57(74)59(52(44-66)76-49)79-62-58(75)60(56(73)51(43-65)78-62)80-61-48(69)41-47(68)50(42-64)77-61/h45-52,54-62,64-69,71-75H,3-44H2,1-2H3,(H,63,70)/t45-,46+,47+,48+,49-,50+,51+,52+,54-,55-,56-,57+,58+,59+,60-,61+,62-/m0/s1. The van der Waals surface area contributed by atoms with Gasteiger partial charge in [-0.2, -0.15) is 0 Å². The van der Waals surface area contributed by atoms with E-state index in [4.69, 9.17) is 23.7 Å². The lowest BCUT2D eigenvalue weighted by atomic mass is 9.88.